The van der Waals surface area contributed by atoms with E-state index in [0.717, 1.165) is 6.07 Å². The number of rotatable bonds is 1. The molecule has 0 aliphatic heterocycles. The zero-order chi connectivity index (χ0) is 8.43. The summed E-state index contributed by atoms with van der Waals surface area (Å²) in [5.41, 5.74) is 0.0817. The Kier molecular flexibility index (Phi) is 2.44. The van der Waals surface area contributed by atoms with E-state index in [9.17, 15) is 8.78 Å². The molecule has 0 heterocycles. The topological polar surface area (TPSA) is 20.2 Å². The van der Waals surface area contributed by atoms with Crippen LogP contribution in [0.3, 0.4) is 0 Å². The van der Waals surface area contributed by atoms with Gasteiger partial charge in [0.1, 0.15) is 18.2 Å². The van der Waals surface area contributed by atoms with Gasteiger partial charge in [-0.05, 0) is 22.0 Å². The Hall–Kier alpha value is -0.640. The molecule has 0 saturated carbocycles. The van der Waals surface area contributed by atoms with Crippen LogP contribution in [0.25, 0.3) is 0 Å². The van der Waals surface area contributed by atoms with E-state index < -0.39 is 12.5 Å². The van der Waals surface area contributed by atoms with Crippen LogP contribution in [0.4, 0.5) is 8.78 Å². The Morgan fingerprint density at radius 1 is 1.45 bits per heavy atom. The van der Waals surface area contributed by atoms with E-state index in [1.807, 2.05) is 0 Å². The Balaban J connectivity index is 3.21. The summed E-state index contributed by atoms with van der Waals surface area (Å²) >= 11 is 2.87. The number of phenols is 1. The molecule has 4 heteroatoms. The molecule has 0 aromatic heterocycles. The standard InChI is InChI=1S/C7H5BrF2O/c8-5-1-4(3-9)7(11)2-6(5)10/h1-2,11H,3H2. The van der Waals surface area contributed by atoms with E-state index >= 15 is 0 Å². The van der Waals surface area contributed by atoms with Crippen LogP contribution < -0.4 is 0 Å². The molecular weight excluding hydrogens is 218 g/mol. The lowest BCUT2D eigenvalue weighted by Gasteiger charge is -2.00. The summed E-state index contributed by atoms with van der Waals surface area (Å²) in [6.45, 7) is -0.801. The zero-order valence-corrected chi connectivity index (χ0v) is 7.03. The minimum atomic E-state index is -0.801. The van der Waals surface area contributed by atoms with Gasteiger partial charge in [0.2, 0.25) is 0 Å². The molecule has 1 aromatic carbocycles. The second-order valence-corrected chi connectivity index (χ2v) is 2.88. The van der Waals surface area contributed by atoms with Crippen LogP contribution >= 0.6 is 15.9 Å². The molecule has 0 unspecified atom stereocenters. The highest BCUT2D eigenvalue weighted by molar-refractivity contribution is 9.10. The first-order chi connectivity index (χ1) is 5.15. The summed E-state index contributed by atoms with van der Waals surface area (Å²) in [5, 5.41) is 8.91. The average molecular weight is 223 g/mol. The number of phenolic OH excluding ortho intramolecular Hbond substituents is 1. The molecule has 0 bridgehead atoms. The molecule has 60 valence electrons. The zero-order valence-electron chi connectivity index (χ0n) is 5.44. The smallest absolute Gasteiger partial charge is 0.141 e. The second kappa shape index (κ2) is 3.17. The van der Waals surface area contributed by atoms with Crippen molar-refractivity contribution in [3.8, 4) is 5.75 Å². The molecule has 1 aromatic rings. The van der Waals surface area contributed by atoms with Crippen molar-refractivity contribution >= 4 is 15.9 Å². The third-order valence-corrected chi connectivity index (χ3v) is 1.87. The van der Waals surface area contributed by atoms with Crippen molar-refractivity contribution in [3.63, 3.8) is 0 Å². The number of halogens is 3. The molecule has 0 saturated heterocycles. The maximum absolute atomic E-state index is 12.6. The van der Waals surface area contributed by atoms with Gasteiger partial charge in [-0.1, -0.05) is 0 Å². The van der Waals surface area contributed by atoms with Gasteiger partial charge < -0.3 is 5.11 Å². The fourth-order valence-electron chi connectivity index (χ4n) is 0.685. The van der Waals surface area contributed by atoms with Gasteiger partial charge in [-0.3, -0.25) is 0 Å². The van der Waals surface area contributed by atoms with Crippen molar-refractivity contribution in [1.29, 1.82) is 0 Å². The van der Waals surface area contributed by atoms with Crippen molar-refractivity contribution < 1.29 is 13.9 Å². The molecule has 11 heavy (non-hydrogen) atoms. The van der Waals surface area contributed by atoms with Crippen LogP contribution in [0.15, 0.2) is 16.6 Å². The lowest BCUT2D eigenvalue weighted by molar-refractivity contribution is 0.428. The van der Waals surface area contributed by atoms with Gasteiger partial charge in [0, 0.05) is 11.6 Å². The van der Waals surface area contributed by atoms with Crippen molar-refractivity contribution in [2.75, 3.05) is 0 Å². The number of benzene rings is 1. The van der Waals surface area contributed by atoms with Gasteiger partial charge in [-0.2, -0.15) is 0 Å². The summed E-state index contributed by atoms with van der Waals surface area (Å²) < 4.78 is 24.7. The van der Waals surface area contributed by atoms with E-state index in [-0.39, 0.29) is 15.8 Å². The molecule has 0 fully saturated rings. The summed E-state index contributed by atoms with van der Waals surface area (Å²) in [6.07, 6.45) is 0. The van der Waals surface area contributed by atoms with E-state index in [1.54, 1.807) is 0 Å². The molecule has 0 atom stereocenters. The van der Waals surface area contributed by atoms with Crippen LogP contribution in [-0.4, -0.2) is 5.11 Å². The SMILES string of the molecule is Oc1cc(F)c(Br)cc1CF. The van der Waals surface area contributed by atoms with Gasteiger partial charge in [-0.25, -0.2) is 8.78 Å². The summed E-state index contributed by atoms with van der Waals surface area (Å²) in [7, 11) is 0. The highest BCUT2D eigenvalue weighted by atomic mass is 79.9. The molecule has 0 aliphatic carbocycles. The van der Waals surface area contributed by atoms with Crippen LogP contribution in [0, 0.1) is 5.82 Å². The normalized spacial score (nSPS) is 10.1. The molecule has 1 N–H and O–H groups in total. The van der Waals surface area contributed by atoms with E-state index in [4.69, 9.17) is 5.11 Å². The number of hydrogen-bond acceptors (Lipinski definition) is 1. The molecule has 0 aliphatic rings. The minimum absolute atomic E-state index is 0.0817. The highest BCUT2D eigenvalue weighted by Crippen LogP contribution is 2.25. The van der Waals surface area contributed by atoms with Crippen molar-refractivity contribution in [1.82, 2.24) is 0 Å². The minimum Gasteiger partial charge on any atom is -0.507 e. The molecule has 1 rings (SSSR count). The number of aromatic hydroxyl groups is 1. The third kappa shape index (κ3) is 1.68. The third-order valence-electron chi connectivity index (χ3n) is 1.27. The first-order valence-corrected chi connectivity index (χ1v) is 3.67. The maximum Gasteiger partial charge on any atom is 0.141 e. The number of alkyl halides is 1. The lowest BCUT2D eigenvalue weighted by atomic mass is 10.2. The molecule has 0 spiro atoms. The van der Waals surface area contributed by atoms with Crippen LogP contribution in [0.5, 0.6) is 5.75 Å². The molecule has 0 radical (unpaired) electrons. The van der Waals surface area contributed by atoms with E-state index in [1.165, 1.54) is 6.07 Å². The van der Waals surface area contributed by atoms with E-state index in [2.05, 4.69) is 15.9 Å². The Morgan fingerprint density at radius 2 is 2.09 bits per heavy atom. The van der Waals surface area contributed by atoms with Gasteiger partial charge in [0.25, 0.3) is 0 Å². The van der Waals surface area contributed by atoms with Gasteiger partial charge in [0.15, 0.2) is 0 Å². The summed E-state index contributed by atoms with van der Waals surface area (Å²) in [6, 6.07) is 2.09. The monoisotopic (exact) mass is 222 g/mol. The van der Waals surface area contributed by atoms with E-state index in [0.29, 0.717) is 0 Å². The summed E-state index contributed by atoms with van der Waals surface area (Å²) in [5.74, 6) is -0.951. The van der Waals surface area contributed by atoms with Gasteiger partial charge in [-0.15, -0.1) is 0 Å². The van der Waals surface area contributed by atoms with Crippen LogP contribution in [0.1, 0.15) is 5.56 Å². The highest BCUT2D eigenvalue weighted by Gasteiger charge is 2.06. The van der Waals surface area contributed by atoms with Crippen LogP contribution in [0.2, 0.25) is 0 Å². The van der Waals surface area contributed by atoms with Crippen molar-refractivity contribution in [2.45, 2.75) is 6.67 Å². The van der Waals surface area contributed by atoms with Gasteiger partial charge in [0.05, 0.1) is 4.47 Å². The first kappa shape index (κ1) is 8.46. The van der Waals surface area contributed by atoms with Crippen molar-refractivity contribution in [3.05, 3.63) is 28.0 Å². The molecular formula is C7H5BrF2O. The quantitative estimate of drug-likeness (QED) is 0.775. The second-order valence-electron chi connectivity index (χ2n) is 2.03. The Morgan fingerprint density at radius 3 is 2.64 bits per heavy atom. The largest absolute Gasteiger partial charge is 0.507 e. The average Bonchev–Trinajstić information content (AvgIpc) is 1.97. The van der Waals surface area contributed by atoms with Crippen molar-refractivity contribution in [2.24, 2.45) is 0 Å². The Bertz CT molecular complexity index is 275. The Labute approximate surface area is 70.8 Å². The fraction of sp³-hybridized carbons (Fsp3) is 0.143. The predicted octanol–water partition coefficient (Wildman–Crippen LogP) is 2.76. The number of hydrogen-bond donors (Lipinski definition) is 1. The van der Waals surface area contributed by atoms with Gasteiger partial charge >= 0.3 is 0 Å². The first-order valence-electron chi connectivity index (χ1n) is 2.88. The maximum atomic E-state index is 12.6. The lowest BCUT2D eigenvalue weighted by Crippen LogP contribution is -1.84. The predicted molar refractivity (Wildman–Crippen MR) is 40.6 cm³/mol. The summed E-state index contributed by atoms with van der Waals surface area (Å²) in [4.78, 5) is 0. The fourth-order valence-corrected chi connectivity index (χ4v) is 1.08. The molecule has 1 nitrogen and oxygen atoms in total. The molecule has 0 amide bonds. The van der Waals surface area contributed by atoms with Crippen LogP contribution in [-0.2, 0) is 6.67 Å².